The molecule has 92 valence electrons. The maximum Gasteiger partial charge on any atom is 0.231 e. The molecule has 0 bridgehead atoms. The van der Waals surface area contributed by atoms with Gasteiger partial charge in [0, 0.05) is 30.8 Å². The van der Waals surface area contributed by atoms with Crippen LogP contribution in [0.4, 0.5) is 5.82 Å². The maximum absolute atomic E-state index is 11.5. The van der Waals surface area contributed by atoms with Crippen molar-refractivity contribution in [3.8, 4) is 0 Å². The first kappa shape index (κ1) is 12.7. The monoisotopic (exact) mass is 306 g/mol. The highest BCUT2D eigenvalue weighted by atomic mass is 79.9. The van der Waals surface area contributed by atoms with Crippen molar-refractivity contribution < 1.29 is 9.59 Å². The maximum atomic E-state index is 11.5. The van der Waals surface area contributed by atoms with Crippen LogP contribution in [-0.2, 0) is 9.59 Å². The predicted molar refractivity (Wildman–Crippen MR) is 73.3 cm³/mol. The molecule has 18 heavy (non-hydrogen) atoms. The van der Waals surface area contributed by atoms with Gasteiger partial charge in [0.05, 0.1) is 4.47 Å². The van der Waals surface area contributed by atoms with Gasteiger partial charge in [0.15, 0.2) is 5.82 Å². The fourth-order valence-corrected chi connectivity index (χ4v) is 2.43. The van der Waals surface area contributed by atoms with Crippen LogP contribution in [-0.4, -0.2) is 16.8 Å². The highest BCUT2D eigenvalue weighted by Crippen LogP contribution is 2.31. The number of rotatable bonds is 1. The van der Waals surface area contributed by atoms with E-state index in [-0.39, 0.29) is 11.8 Å². The summed E-state index contributed by atoms with van der Waals surface area (Å²) in [7, 11) is 0. The Morgan fingerprint density at radius 1 is 1.17 bits per heavy atom. The van der Waals surface area contributed by atoms with E-state index in [1.807, 2.05) is 24.3 Å². The molecule has 1 aromatic carbocycles. The first-order chi connectivity index (χ1) is 8.52. The smallest absolute Gasteiger partial charge is 0.231 e. The normalized spacial score (nSPS) is 10.4. The molecule has 0 N–H and O–H groups in total. The minimum atomic E-state index is -0.356. The number of pyridine rings is 1. The molecule has 1 aromatic heterocycles. The zero-order valence-electron chi connectivity index (χ0n) is 9.98. The number of carbonyl (C=O) groups is 2. The number of hydrogen-bond acceptors (Lipinski definition) is 3. The molecule has 2 rings (SSSR count). The highest BCUT2D eigenvalue weighted by molar-refractivity contribution is 9.10. The Morgan fingerprint density at radius 3 is 2.39 bits per heavy atom. The largest absolute Gasteiger partial charge is 0.274 e. The minimum absolute atomic E-state index is 0.328. The number of fused-ring (bicyclic) bond motifs is 1. The summed E-state index contributed by atoms with van der Waals surface area (Å²) in [4.78, 5) is 28.3. The molecule has 4 nitrogen and oxygen atoms in total. The van der Waals surface area contributed by atoms with E-state index < -0.39 is 0 Å². The van der Waals surface area contributed by atoms with Crippen LogP contribution in [0, 0.1) is 0 Å². The van der Waals surface area contributed by atoms with Gasteiger partial charge in [-0.25, -0.2) is 9.88 Å². The van der Waals surface area contributed by atoms with Gasteiger partial charge in [0.1, 0.15) is 0 Å². The predicted octanol–water partition coefficient (Wildman–Crippen LogP) is 2.90. The highest BCUT2D eigenvalue weighted by Gasteiger charge is 2.21. The summed E-state index contributed by atoms with van der Waals surface area (Å²) in [6.07, 6.45) is 1.65. The number of benzene rings is 1. The summed E-state index contributed by atoms with van der Waals surface area (Å²) >= 11 is 3.41. The van der Waals surface area contributed by atoms with E-state index in [0.29, 0.717) is 10.3 Å². The fourth-order valence-electron chi connectivity index (χ4n) is 1.79. The second-order valence-corrected chi connectivity index (χ2v) is 4.65. The van der Waals surface area contributed by atoms with Crippen molar-refractivity contribution >= 4 is 44.3 Å². The summed E-state index contributed by atoms with van der Waals surface area (Å²) in [6.45, 7) is 2.68. The van der Waals surface area contributed by atoms with Gasteiger partial charge in [-0.2, -0.15) is 0 Å². The molecule has 0 unspecified atom stereocenters. The molecule has 0 aliphatic rings. The van der Waals surface area contributed by atoms with E-state index in [1.54, 1.807) is 6.20 Å². The quantitative estimate of drug-likeness (QED) is 0.814. The number of anilines is 1. The van der Waals surface area contributed by atoms with Crippen molar-refractivity contribution in [2.24, 2.45) is 0 Å². The summed E-state index contributed by atoms with van der Waals surface area (Å²) < 4.78 is 0.644. The van der Waals surface area contributed by atoms with Crippen LogP contribution < -0.4 is 4.90 Å². The molecule has 0 spiro atoms. The van der Waals surface area contributed by atoms with Crippen LogP contribution >= 0.6 is 15.9 Å². The van der Waals surface area contributed by atoms with Crippen molar-refractivity contribution in [3.05, 3.63) is 34.9 Å². The van der Waals surface area contributed by atoms with E-state index in [4.69, 9.17) is 0 Å². The molecule has 0 atom stereocenters. The number of hydrogen-bond donors (Lipinski definition) is 0. The van der Waals surface area contributed by atoms with Gasteiger partial charge in [-0.3, -0.25) is 9.59 Å². The van der Waals surface area contributed by atoms with Gasteiger partial charge in [0.2, 0.25) is 11.8 Å². The fraction of sp³-hybridized carbons (Fsp3) is 0.154. The first-order valence-electron chi connectivity index (χ1n) is 5.37. The molecule has 0 saturated carbocycles. The number of halogens is 1. The number of nitrogens with zero attached hydrogens (tertiary/aromatic N) is 2. The third kappa shape index (κ3) is 2.13. The van der Waals surface area contributed by atoms with Gasteiger partial charge in [-0.15, -0.1) is 0 Å². The van der Waals surface area contributed by atoms with Gasteiger partial charge in [0.25, 0.3) is 0 Å². The second kappa shape index (κ2) is 4.86. The SMILES string of the molecule is CC(=O)N(C(C)=O)c1ncc2ccccc2c1Br. The summed E-state index contributed by atoms with van der Waals surface area (Å²) in [6, 6.07) is 7.62. The molecule has 0 aliphatic heterocycles. The molecule has 0 aliphatic carbocycles. The second-order valence-electron chi connectivity index (χ2n) is 3.86. The van der Waals surface area contributed by atoms with Crippen molar-refractivity contribution in [1.29, 1.82) is 0 Å². The van der Waals surface area contributed by atoms with Crippen molar-refractivity contribution in [3.63, 3.8) is 0 Å². The average molecular weight is 307 g/mol. The lowest BCUT2D eigenvalue weighted by Gasteiger charge is -2.18. The van der Waals surface area contributed by atoms with Crippen LogP contribution in [0.1, 0.15) is 13.8 Å². The van der Waals surface area contributed by atoms with E-state index in [0.717, 1.165) is 15.7 Å². The number of imide groups is 1. The zero-order chi connectivity index (χ0) is 13.3. The molecule has 0 fully saturated rings. The molecular weight excluding hydrogens is 296 g/mol. The number of aromatic nitrogens is 1. The van der Waals surface area contributed by atoms with Gasteiger partial charge in [-0.05, 0) is 15.9 Å². The molecule has 2 aromatic rings. The van der Waals surface area contributed by atoms with Gasteiger partial charge >= 0.3 is 0 Å². The van der Waals surface area contributed by atoms with Crippen molar-refractivity contribution in [2.45, 2.75) is 13.8 Å². The molecule has 5 heteroatoms. The van der Waals surface area contributed by atoms with Gasteiger partial charge in [-0.1, -0.05) is 24.3 Å². The first-order valence-corrected chi connectivity index (χ1v) is 6.16. The lowest BCUT2D eigenvalue weighted by molar-refractivity contribution is -0.124. The number of carbonyl (C=O) groups excluding carboxylic acids is 2. The Balaban J connectivity index is 2.68. The van der Waals surface area contributed by atoms with Crippen LogP contribution in [0.2, 0.25) is 0 Å². The zero-order valence-corrected chi connectivity index (χ0v) is 11.6. The topological polar surface area (TPSA) is 50.3 Å². The summed E-state index contributed by atoms with van der Waals surface area (Å²) in [5.74, 6) is -0.384. The average Bonchev–Trinajstić information content (AvgIpc) is 2.32. The van der Waals surface area contributed by atoms with Crippen LogP contribution in [0.25, 0.3) is 10.8 Å². The van der Waals surface area contributed by atoms with Crippen LogP contribution in [0.5, 0.6) is 0 Å². The lowest BCUT2D eigenvalue weighted by Crippen LogP contribution is -2.34. The van der Waals surface area contributed by atoms with Crippen molar-refractivity contribution in [2.75, 3.05) is 4.90 Å². The molecular formula is C13H11BrN2O2. The molecule has 2 amide bonds. The van der Waals surface area contributed by atoms with E-state index >= 15 is 0 Å². The molecule has 0 radical (unpaired) electrons. The van der Waals surface area contributed by atoms with Crippen LogP contribution in [0.15, 0.2) is 34.9 Å². The third-order valence-corrected chi connectivity index (χ3v) is 3.34. The van der Waals surface area contributed by atoms with E-state index in [1.165, 1.54) is 13.8 Å². The Bertz CT molecular complexity index is 626. The van der Waals surface area contributed by atoms with Crippen molar-refractivity contribution in [1.82, 2.24) is 4.98 Å². The number of amides is 2. The van der Waals surface area contributed by atoms with E-state index in [9.17, 15) is 9.59 Å². The Morgan fingerprint density at radius 2 is 1.78 bits per heavy atom. The third-order valence-electron chi connectivity index (χ3n) is 2.56. The summed E-state index contributed by atoms with van der Waals surface area (Å²) in [5.41, 5.74) is 0. The Hall–Kier alpha value is -1.75. The minimum Gasteiger partial charge on any atom is -0.274 e. The standard InChI is InChI=1S/C13H11BrN2O2/c1-8(17)16(9(2)18)13-12(14)11-6-4-3-5-10(11)7-15-13/h3-7H,1-2H3. The lowest BCUT2D eigenvalue weighted by atomic mass is 10.2. The van der Waals surface area contributed by atoms with E-state index in [2.05, 4.69) is 20.9 Å². The molecule has 1 heterocycles. The van der Waals surface area contributed by atoms with Crippen LogP contribution in [0.3, 0.4) is 0 Å². The Kier molecular flexibility index (Phi) is 3.43. The summed E-state index contributed by atoms with van der Waals surface area (Å²) in [5, 5.41) is 1.86. The van der Waals surface area contributed by atoms with Gasteiger partial charge < -0.3 is 0 Å². The Labute approximate surface area is 113 Å². The molecule has 0 saturated heterocycles.